The number of amides is 1. The van der Waals surface area contributed by atoms with Gasteiger partial charge in [-0.1, -0.05) is 11.6 Å². The normalized spacial score (nSPS) is 21.0. The molecule has 0 radical (unpaired) electrons. The first kappa shape index (κ1) is 19.3. The molecular weight excluding hydrogens is 478 g/mol. The van der Waals surface area contributed by atoms with Gasteiger partial charge in [0.15, 0.2) is 0 Å². The Labute approximate surface area is 189 Å². The van der Waals surface area contributed by atoms with Gasteiger partial charge in [-0.05, 0) is 49.0 Å². The van der Waals surface area contributed by atoms with Crippen molar-refractivity contribution in [2.24, 2.45) is 0 Å². The quantitative estimate of drug-likeness (QED) is 0.620. The molecule has 0 bridgehead atoms. The van der Waals surface area contributed by atoms with E-state index in [1.807, 2.05) is 0 Å². The molecule has 4 rings (SSSR count). The Kier molecular flexibility index (Phi) is 4.84. The SMILES string of the molecule is [2H]C([2H])([2H])c1[nH]c(S(=O)(=O)N[C@@H]2Cc3cc(F)c(Cl)cc3C2)cc1C(=O)N1CC(OC(F)(F)F)C1. The summed E-state index contributed by atoms with van der Waals surface area (Å²) in [5, 5.41) is -0.702. The summed E-state index contributed by atoms with van der Waals surface area (Å²) >= 11 is 5.77. The number of nitrogens with one attached hydrogen (secondary N) is 2. The Bertz CT molecular complexity index is 1250. The maximum atomic E-state index is 13.7. The Morgan fingerprint density at radius 2 is 1.94 bits per heavy atom. The number of alkyl halides is 3. The Morgan fingerprint density at radius 3 is 2.56 bits per heavy atom. The highest BCUT2D eigenvalue weighted by Crippen LogP contribution is 2.29. The third-order valence-electron chi connectivity index (χ3n) is 5.25. The minimum absolute atomic E-state index is 0.101. The van der Waals surface area contributed by atoms with Crippen molar-refractivity contribution in [1.82, 2.24) is 14.6 Å². The first-order valence-corrected chi connectivity index (χ1v) is 11.2. The number of halogens is 5. The van der Waals surface area contributed by atoms with Crippen LogP contribution in [0.15, 0.2) is 23.2 Å². The number of likely N-dealkylation sites (tertiary alicyclic amines) is 1. The van der Waals surface area contributed by atoms with Crippen LogP contribution in [0.1, 0.15) is 31.3 Å². The number of aromatic nitrogens is 1. The van der Waals surface area contributed by atoms with Crippen LogP contribution in [0.5, 0.6) is 0 Å². The summed E-state index contributed by atoms with van der Waals surface area (Å²) in [6.45, 7) is -3.79. The zero-order chi connectivity index (χ0) is 25.9. The van der Waals surface area contributed by atoms with Gasteiger partial charge in [-0.2, -0.15) is 0 Å². The Balaban J connectivity index is 1.53. The van der Waals surface area contributed by atoms with Crippen molar-refractivity contribution >= 4 is 27.5 Å². The number of benzene rings is 1. The number of carbonyl (C=O) groups excluding carboxylic acids is 1. The number of sulfonamides is 1. The molecule has 32 heavy (non-hydrogen) atoms. The number of aromatic amines is 1. The molecule has 0 unspecified atom stereocenters. The molecule has 13 heteroatoms. The zero-order valence-electron chi connectivity index (χ0n) is 19.1. The van der Waals surface area contributed by atoms with Gasteiger partial charge in [0, 0.05) is 28.9 Å². The van der Waals surface area contributed by atoms with Crippen LogP contribution in [0.2, 0.25) is 5.02 Å². The van der Waals surface area contributed by atoms with Gasteiger partial charge < -0.3 is 9.88 Å². The van der Waals surface area contributed by atoms with E-state index in [4.69, 9.17) is 15.7 Å². The number of H-pyrrole nitrogens is 1. The van der Waals surface area contributed by atoms with Crippen molar-refractivity contribution < 1.29 is 39.6 Å². The molecule has 2 aliphatic rings. The van der Waals surface area contributed by atoms with Crippen molar-refractivity contribution in [2.75, 3.05) is 13.1 Å². The van der Waals surface area contributed by atoms with E-state index in [9.17, 15) is 30.8 Å². The highest BCUT2D eigenvalue weighted by atomic mass is 35.5. The molecule has 1 amide bonds. The minimum Gasteiger partial charge on any atom is -0.348 e. The second-order valence-electron chi connectivity index (χ2n) is 7.58. The van der Waals surface area contributed by atoms with Crippen molar-refractivity contribution in [3.8, 4) is 0 Å². The van der Waals surface area contributed by atoms with E-state index in [1.165, 1.54) is 12.1 Å². The molecule has 1 fully saturated rings. The predicted octanol–water partition coefficient (Wildman–Crippen LogP) is 2.92. The lowest BCUT2D eigenvalue weighted by Gasteiger charge is -2.38. The summed E-state index contributed by atoms with van der Waals surface area (Å²) < 4.78 is 106. The van der Waals surface area contributed by atoms with E-state index in [0.717, 1.165) is 11.0 Å². The molecule has 2 heterocycles. The fraction of sp³-hybridized carbons (Fsp3) is 0.421. The van der Waals surface area contributed by atoms with Crippen LogP contribution in [0, 0.1) is 12.7 Å². The van der Waals surface area contributed by atoms with Crippen LogP contribution in [0.3, 0.4) is 0 Å². The summed E-state index contributed by atoms with van der Waals surface area (Å²) in [6, 6.07) is 2.78. The largest absolute Gasteiger partial charge is 0.522 e. The van der Waals surface area contributed by atoms with Crippen molar-refractivity contribution in [1.29, 1.82) is 0 Å². The number of hydrogen-bond acceptors (Lipinski definition) is 4. The topological polar surface area (TPSA) is 91.5 Å². The van der Waals surface area contributed by atoms with E-state index < -0.39 is 76.5 Å². The standard InChI is InChI=1S/C19H18ClF4N3O4S/c1-9-14(18(28)27-7-13(8-27)31-19(22,23)24)6-17(25-9)32(29,30)26-12-2-10-4-15(20)16(21)5-11(10)3-12/h4-6,12-13,25-26H,2-3,7-8H2,1H3/t12-/m0/s1/i1D3. The van der Waals surface area contributed by atoms with Gasteiger partial charge in [0.25, 0.3) is 15.9 Å². The Morgan fingerprint density at radius 1 is 1.28 bits per heavy atom. The van der Waals surface area contributed by atoms with Crippen LogP contribution >= 0.6 is 11.6 Å². The van der Waals surface area contributed by atoms with E-state index in [1.54, 1.807) is 0 Å². The maximum Gasteiger partial charge on any atom is 0.522 e. The van der Waals surface area contributed by atoms with Crippen molar-refractivity contribution in [3.63, 3.8) is 0 Å². The highest BCUT2D eigenvalue weighted by molar-refractivity contribution is 7.89. The lowest BCUT2D eigenvalue weighted by molar-refractivity contribution is -0.352. The van der Waals surface area contributed by atoms with E-state index in [0.29, 0.717) is 11.1 Å². The highest BCUT2D eigenvalue weighted by Gasteiger charge is 2.41. The molecule has 2 N–H and O–H groups in total. The molecule has 7 nitrogen and oxygen atoms in total. The van der Waals surface area contributed by atoms with E-state index in [2.05, 4.69) is 14.4 Å². The van der Waals surface area contributed by atoms with Gasteiger partial charge in [-0.25, -0.2) is 17.5 Å². The number of hydrogen-bond donors (Lipinski definition) is 2. The van der Waals surface area contributed by atoms with Crippen LogP contribution in [0.4, 0.5) is 17.6 Å². The molecule has 1 aromatic carbocycles. The van der Waals surface area contributed by atoms with Gasteiger partial charge in [-0.3, -0.25) is 9.53 Å². The van der Waals surface area contributed by atoms with Gasteiger partial charge >= 0.3 is 6.36 Å². The average Bonchev–Trinajstić information content (AvgIpc) is 3.27. The number of nitrogens with zero attached hydrogens (tertiary/aromatic N) is 1. The Hall–Kier alpha value is -2.15. The lowest BCUT2D eigenvalue weighted by Crippen LogP contribution is -2.56. The molecule has 1 atom stereocenters. The average molecular weight is 499 g/mol. The zero-order valence-corrected chi connectivity index (χ0v) is 17.7. The van der Waals surface area contributed by atoms with E-state index >= 15 is 0 Å². The summed E-state index contributed by atoms with van der Waals surface area (Å²) in [4.78, 5) is 15.9. The minimum atomic E-state index is -4.89. The number of carbonyl (C=O) groups is 1. The number of ether oxygens (including phenoxy) is 1. The first-order valence-electron chi connectivity index (χ1n) is 10.8. The molecule has 1 saturated heterocycles. The lowest BCUT2D eigenvalue weighted by atomic mass is 10.1. The second kappa shape index (κ2) is 8.01. The third kappa shape index (κ3) is 4.63. The maximum absolute atomic E-state index is 13.7. The molecular formula is C19H18ClF4N3O4S. The van der Waals surface area contributed by atoms with Gasteiger partial charge in [0.05, 0.1) is 10.6 Å². The third-order valence-corrected chi connectivity index (χ3v) is 6.98. The fourth-order valence-electron chi connectivity index (χ4n) is 3.76. The predicted molar refractivity (Wildman–Crippen MR) is 105 cm³/mol. The van der Waals surface area contributed by atoms with Crippen molar-refractivity contribution in [2.45, 2.75) is 43.2 Å². The summed E-state index contributed by atoms with van der Waals surface area (Å²) in [5.74, 6) is -1.59. The molecule has 0 spiro atoms. The first-order chi connectivity index (χ1) is 16.0. The molecule has 174 valence electrons. The second-order valence-corrected chi connectivity index (χ2v) is 9.67. The van der Waals surface area contributed by atoms with Gasteiger partial charge in [-0.15, -0.1) is 13.2 Å². The fourth-order valence-corrected chi connectivity index (χ4v) is 5.19. The monoisotopic (exact) mass is 498 g/mol. The molecule has 0 saturated carbocycles. The summed E-state index contributed by atoms with van der Waals surface area (Å²) in [6.07, 6.45) is -5.82. The molecule has 2 aromatic rings. The molecule has 1 aliphatic carbocycles. The molecule has 1 aromatic heterocycles. The molecule has 1 aliphatic heterocycles. The van der Waals surface area contributed by atoms with E-state index in [-0.39, 0.29) is 17.9 Å². The van der Waals surface area contributed by atoms with Crippen LogP contribution in [0.25, 0.3) is 0 Å². The van der Waals surface area contributed by atoms with Crippen LogP contribution in [-0.4, -0.2) is 55.8 Å². The number of fused-ring (bicyclic) bond motifs is 1. The van der Waals surface area contributed by atoms with Gasteiger partial charge in [0.2, 0.25) is 0 Å². The van der Waals surface area contributed by atoms with Crippen molar-refractivity contribution in [3.05, 3.63) is 51.4 Å². The van der Waals surface area contributed by atoms with Gasteiger partial charge in [0.1, 0.15) is 16.9 Å². The number of aryl methyl sites for hydroxylation is 1. The summed E-state index contributed by atoms with van der Waals surface area (Å²) in [5.41, 5.74) is 0.0626. The summed E-state index contributed by atoms with van der Waals surface area (Å²) in [7, 11) is -4.35. The van der Waals surface area contributed by atoms with Crippen LogP contribution < -0.4 is 4.72 Å². The van der Waals surface area contributed by atoms with Crippen LogP contribution in [-0.2, 0) is 27.6 Å². The smallest absolute Gasteiger partial charge is 0.348 e. The number of rotatable bonds is 5.